The van der Waals surface area contributed by atoms with Gasteiger partial charge in [0.2, 0.25) is 0 Å². The largest absolute Gasteiger partial charge is 0.497 e. The molecule has 0 spiro atoms. The first-order valence-corrected chi connectivity index (χ1v) is 11.9. The fraction of sp³-hybridized carbons (Fsp3) is 0.214. The third kappa shape index (κ3) is 8.09. The van der Waals surface area contributed by atoms with Crippen LogP contribution in [0.5, 0.6) is 23.0 Å². The number of hydrogen-bond acceptors (Lipinski definition) is 8. The Morgan fingerprint density at radius 3 is 2.37 bits per heavy atom. The van der Waals surface area contributed by atoms with Crippen LogP contribution in [-0.4, -0.2) is 44.3 Å². The summed E-state index contributed by atoms with van der Waals surface area (Å²) in [4.78, 5) is 36.8. The van der Waals surface area contributed by atoms with E-state index in [9.17, 15) is 14.4 Å². The van der Waals surface area contributed by atoms with Crippen LogP contribution in [0.2, 0.25) is 0 Å². The van der Waals surface area contributed by atoms with E-state index in [0.717, 1.165) is 6.42 Å². The number of carbonyl (C=O) groups is 3. The second kappa shape index (κ2) is 14.0. The molecule has 2 N–H and O–H groups in total. The predicted octanol–water partition coefficient (Wildman–Crippen LogP) is 4.19. The van der Waals surface area contributed by atoms with Gasteiger partial charge in [0.25, 0.3) is 0 Å². The van der Waals surface area contributed by atoms with Crippen molar-refractivity contribution in [3.63, 3.8) is 0 Å². The highest BCUT2D eigenvalue weighted by Crippen LogP contribution is 2.29. The van der Waals surface area contributed by atoms with E-state index in [1.165, 1.54) is 13.3 Å². The average molecular weight is 520 g/mol. The third-order valence-electron chi connectivity index (χ3n) is 4.95. The van der Waals surface area contributed by atoms with E-state index in [1.807, 2.05) is 6.92 Å². The minimum atomic E-state index is -0.953. The number of nitrogens with one attached hydrogen (secondary N) is 2. The van der Waals surface area contributed by atoms with Crippen LogP contribution >= 0.6 is 0 Å². The summed E-state index contributed by atoms with van der Waals surface area (Å²) < 4.78 is 21.8. The molecule has 0 heterocycles. The van der Waals surface area contributed by atoms with Crippen LogP contribution in [0.25, 0.3) is 0 Å². The molecule has 198 valence electrons. The highest BCUT2D eigenvalue weighted by atomic mass is 16.6. The van der Waals surface area contributed by atoms with Gasteiger partial charge in [-0.15, -0.1) is 0 Å². The molecule has 0 saturated heterocycles. The summed E-state index contributed by atoms with van der Waals surface area (Å²) in [7, 11) is 1.50. The lowest BCUT2D eigenvalue weighted by Gasteiger charge is -2.12. The van der Waals surface area contributed by atoms with Gasteiger partial charge in [0.15, 0.2) is 11.5 Å². The van der Waals surface area contributed by atoms with Gasteiger partial charge in [-0.3, -0.25) is 9.59 Å². The van der Waals surface area contributed by atoms with Crippen LogP contribution in [0.15, 0.2) is 71.8 Å². The van der Waals surface area contributed by atoms with E-state index in [-0.39, 0.29) is 5.75 Å². The third-order valence-corrected chi connectivity index (χ3v) is 4.95. The van der Waals surface area contributed by atoms with Gasteiger partial charge in [-0.25, -0.2) is 10.2 Å². The van der Waals surface area contributed by atoms with Crippen LogP contribution in [0.4, 0.5) is 5.69 Å². The van der Waals surface area contributed by atoms with E-state index in [1.54, 1.807) is 73.7 Å². The van der Waals surface area contributed by atoms with E-state index < -0.39 is 17.8 Å². The van der Waals surface area contributed by atoms with Gasteiger partial charge < -0.3 is 24.3 Å². The SMILES string of the molecule is CCCOc1ccc(C(=O)Oc2ccc(/C=N\NC(=O)C(=O)Nc3cccc(OC)c3)cc2OCC)cc1. The number of rotatable bonds is 11. The highest BCUT2D eigenvalue weighted by Gasteiger charge is 2.15. The van der Waals surface area contributed by atoms with Gasteiger partial charge in [0, 0.05) is 11.8 Å². The zero-order valence-corrected chi connectivity index (χ0v) is 21.4. The Morgan fingerprint density at radius 2 is 1.66 bits per heavy atom. The maximum atomic E-state index is 12.6. The maximum absolute atomic E-state index is 12.6. The Labute approximate surface area is 220 Å². The number of nitrogens with zero attached hydrogens (tertiary/aromatic N) is 1. The summed E-state index contributed by atoms with van der Waals surface area (Å²) in [5, 5.41) is 6.28. The molecule has 0 unspecified atom stereocenters. The van der Waals surface area contributed by atoms with E-state index in [4.69, 9.17) is 18.9 Å². The van der Waals surface area contributed by atoms with Crippen LogP contribution in [0, 0.1) is 0 Å². The number of benzene rings is 3. The second-order valence-corrected chi connectivity index (χ2v) is 7.79. The molecule has 2 amide bonds. The lowest BCUT2D eigenvalue weighted by Crippen LogP contribution is -2.32. The van der Waals surface area contributed by atoms with Crippen molar-refractivity contribution in [1.29, 1.82) is 0 Å². The van der Waals surface area contributed by atoms with Gasteiger partial charge in [0.1, 0.15) is 11.5 Å². The molecule has 3 aromatic carbocycles. The number of hydrogen-bond donors (Lipinski definition) is 2. The summed E-state index contributed by atoms with van der Waals surface area (Å²) in [6.45, 7) is 4.73. The molecular formula is C28H29N3O7. The molecule has 10 nitrogen and oxygen atoms in total. The molecule has 38 heavy (non-hydrogen) atoms. The normalized spacial score (nSPS) is 10.5. The summed E-state index contributed by atoms with van der Waals surface area (Å²) in [5.41, 5.74) is 3.47. The second-order valence-electron chi connectivity index (χ2n) is 7.79. The Hall–Kier alpha value is -4.86. The summed E-state index contributed by atoms with van der Waals surface area (Å²) in [6.07, 6.45) is 2.22. The van der Waals surface area contributed by atoms with Gasteiger partial charge in [-0.1, -0.05) is 13.0 Å². The van der Waals surface area contributed by atoms with Crippen molar-refractivity contribution in [2.24, 2.45) is 5.10 Å². The zero-order valence-electron chi connectivity index (χ0n) is 21.4. The lowest BCUT2D eigenvalue weighted by molar-refractivity contribution is -0.136. The van der Waals surface area contributed by atoms with Gasteiger partial charge in [0.05, 0.1) is 32.1 Å². The van der Waals surface area contributed by atoms with E-state index in [0.29, 0.717) is 47.3 Å². The van der Waals surface area contributed by atoms with Crippen molar-refractivity contribution in [2.75, 3.05) is 25.6 Å². The Kier molecular flexibility index (Phi) is 10.2. The minimum Gasteiger partial charge on any atom is -0.497 e. The molecule has 0 aromatic heterocycles. The predicted molar refractivity (Wildman–Crippen MR) is 142 cm³/mol. The van der Waals surface area contributed by atoms with Gasteiger partial charge in [-0.05, 0) is 73.5 Å². The van der Waals surface area contributed by atoms with Crippen molar-refractivity contribution in [1.82, 2.24) is 5.43 Å². The molecule has 0 aliphatic carbocycles. The van der Waals surface area contributed by atoms with Gasteiger partial charge >= 0.3 is 17.8 Å². The minimum absolute atomic E-state index is 0.224. The van der Waals surface area contributed by atoms with Gasteiger partial charge in [-0.2, -0.15) is 5.10 Å². The molecule has 3 aromatic rings. The molecular weight excluding hydrogens is 490 g/mol. The molecule has 0 fully saturated rings. The molecule has 0 bridgehead atoms. The smallest absolute Gasteiger partial charge is 0.343 e. The molecule has 10 heteroatoms. The Morgan fingerprint density at radius 1 is 0.868 bits per heavy atom. The topological polar surface area (TPSA) is 125 Å². The molecule has 3 rings (SSSR count). The van der Waals surface area contributed by atoms with Crippen LogP contribution < -0.4 is 29.7 Å². The number of anilines is 1. The van der Waals surface area contributed by atoms with Crippen molar-refractivity contribution in [3.05, 3.63) is 77.9 Å². The van der Waals surface area contributed by atoms with Crippen molar-refractivity contribution in [2.45, 2.75) is 20.3 Å². The van der Waals surface area contributed by atoms with Crippen molar-refractivity contribution >= 4 is 29.7 Å². The van der Waals surface area contributed by atoms with Crippen LogP contribution in [0.3, 0.4) is 0 Å². The van der Waals surface area contributed by atoms with Crippen LogP contribution in [0.1, 0.15) is 36.2 Å². The summed E-state index contributed by atoms with van der Waals surface area (Å²) in [5.74, 6) is -0.647. The number of methoxy groups -OCH3 is 1. The van der Waals surface area contributed by atoms with Crippen molar-refractivity contribution < 1.29 is 33.3 Å². The highest BCUT2D eigenvalue weighted by molar-refractivity contribution is 6.39. The first-order valence-electron chi connectivity index (χ1n) is 11.9. The summed E-state index contributed by atoms with van der Waals surface area (Å²) in [6, 6.07) is 18.0. The number of amides is 2. The fourth-order valence-electron chi connectivity index (χ4n) is 3.13. The quantitative estimate of drug-likeness (QED) is 0.128. The number of carbonyl (C=O) groups excluding carboxylic acids is 3. The number of ether oxygens (including phenoxy) is 4. The fourth-order valence-corrected chi connectivity index (χ4v) is 3.13. The lowest BCUT2D eigenvalue weighted by atomic mass is 10.2. The molecule has 0 aliphatic rings. The first kappa shape index (κ1) is 27.7. The average Bonchev–Trinajstić information content (AvgIpc) is 2.93. The number of hydrazone groups is 1. The summed E-state index contributed by atoms with van der Waals surface area (Å²) >= 11 is 0. The first-order chi connectivity index (χ1) is 18.4. The van der Waals surface area contributed by atoms with Crippen LogP contribution in [-0.2, 0) is 9.59 Å². The monoisotopic (exact) mass is 519 g/mol. The maximum Gasteiger partial charge on any atom is 0.343 e. The molecule has 0 radical (unpaired) electrons. The van der Waals surface area contributed by atoms with Crippen molar-refractivity contribution in [3.8, 4) is 23.0 Å². The standard InChI is InChI=1S/C28H29N3O7/c1-4-15-37-22-12-10-20(11-13-22)28(34)38-24-14-9-19(16-25(24)36-5-2)18-29-31-27(33)26(32)30-21-7-6-8-23(17-21)35-3/h6-14,16-18H,4-5,15H2,1-3H3,(H,30,32)(H,31,33)/b29-18-. The number of esters is 1. The zero-order chi connectivity index (χ0) is 27.3. The van der Waals surface area contributed by atoms with E-state index in [2.05, 4.69) is 15.8 Å². The Bertz CT molecular complexity index is 1290. The molecule has 0 aliphatic heterocycles. The Balaban J connectivity index is 1.61. The molecule has 0 saturated carbocycles. The van der Waals surface area contributed by atoms with E-state index >= 15 is 0 Å². The molecule has 0 atom stereocenters.